The van der Waals surface area contributed by atoms with Crippen LogP contribution in [0.1, 0.15) is 30.5 Å². The SMILES string of the molecule is CCc1ccccc1C(NC)C1=CCCO1. The molecule has 0 radical (unpaired) electrons. The van der Waals surface area contributed by atoms with Crippen molar-refractivity contribution in [3.63, 3.8) is 0 Å². The molecule has 0 saturated heterocycles. The zero-order valence-corrected chi connectivity index (χ0v) is 9.99. The molecule has 1 aliphatic rings. The Balaban J connectivity index is 2.32. The standard InChI is InChI=1S/C14H19NO/c1-3-11-7-4-5-8-12(11)14(15-2)13-9-6-10-16-13/h4-5,7-9,14-15H,3,6,10H2,1-2H3. The maximum atomic E-state index is 5.66. The van der Waals surface area contributed by atoms with Crippen molar-refractivity contribution in [2.75, 3.05) is 13.7 Å². The predicted octanol–water partition coefficient (Wildman–Crippen LogP) is 2.81. The number of ether oxygens (including phenoxy) is 1. The lowest BCUT2D eigenvalue weighted by molar-refractivity contribution is 0.218. The number of benzene rings is 1. The van der Waals surface area contributed by atoms with Crippen molar-refractivity contribution in [3.8, 4) is 0 Å². The summed E-state index contributed by atoms with van der Waals surface area (Å²) in [6, 6.07) is 8.77. The highest BCUT2D eigenvalue weighted by atomic mass is 16.5. The lowest BCUT2D eigenvalue weighted by Gasteiger charge is -2.20. The molecule has 1 N–H and O–H groups in total. The summed E-state index contributed by atoms with van der Waals surface area (Å²) >= 11 is 0. The molecule has 0 spiro atoms. The molecule has 1 unspecified atom stereocenters. The fourth-order valence-corrected chi connectivity index (χ4v) is 2.23. The van der Waals surface area contributed by atoms with Crippen LogP contribution in [0.3, 0.4) is 0 Å². The highest BCUT2D eigenvalue weighted by molar-refractivity contribution is 5.34. The Morgan fingerprint density at radius 3 is 2.81 bits per heavy atom. The predicted molar refractivity (Wildman–Crippen MR) is 66.3 cm³/mol. The van der Waals surface area contributed by atoms with Crippen LogP contribution >= 0.6 is 0 Å². The molecule has 0 amide bonds. The molecule has 2 rings (SSSR count). The van der Waals surface area contributed by atoms with E-state index in [4.69, 9.17) is 4.74 Å². The smallest absolute Gasteiger partial charge is 0.114 e. The average molecular weight is 217 g/mol. The van der Waals surface area contributed by atoms with E-state index < -0.39 is 0 Å². The minimum absolute atomic E-state index is 0.207. The van der Waals surface area contributed by atoms with Crippen molar-refractivity contribution in [1.82, 2.24) is 5.32 Å². The van der Waals surface area contributed by atoms with Crippen LogP contribution in [0.4, 0.5) is 0 Å². The topological polar surface area (TPSA) is 21.3 Å². The summed E-state index contributed by atoms with van der Waals surface area (Å²) in [5, 5.41) is 3.34. The zero-order chi connectivity index (χ0) is 11.4. The molecule has 0 aromatic heterocycles. The molecule has 0 aliphatic carbocycles. The summed E-state index contributed by atoms with van der Waals surface area (Å²) in [7, 11) is 1.99. The molecule has 1 atom stereocenters. The highest BCUT2D eigenvalue weighted by Crippen LogP contribution is 2.28. The third-order valence-corrected chi connectivity index (χ3v) is 3.05. The number of likely N-dealkylation sites (N-methyl/N-ethyl adjacent to an activating group) is 1. The van der Waals surface area contributed by atoms with E-state index in [1.165, 1.54) is 11.1 Å². The Labute approximate surface area is 97.3 Å². The second-order valence-corrected chi connectivity index (χ2v) is 4.02. The molecular formula is C14H19NO. The van der Waals surface area contributed by atoms with Crippen LogP contribution in [0, 0.1) is 0 Å². The van der Waals surface area contributed by atoms with Gasteiger partial charge in [0.25, 0.3) is 0 Å². The fraction of sp³-hybridized carbons (Fsp3) is 0.429. The van der Waals surface area contributed by atoms with Gasteiger partial charge in [-0.2, -0.15) is 0 Å². The van der Waals surface area contributed by atoms with Gasteiger partial charge in [-0.15, -0.1) is 0 Å². The van der Waals surface area contributed by atoms with Crippen LogP contribution in [0.2, 0.25) is 0 Å². The molecule has 1 aliphatic heterocycles. The Bertz CT molecular complexity index is 384. The van der Waals surface area contributed by atoms with E-state index >= 15 is 0 Å². The quantitative estimate of drug-likeness (QED) is 0.837. The van der Waals surface area contributed by atoms with Gasteiger partial charge in [0.15, 0.2) is 0 Å². The van der Waals surface area contributed by atoms with Crippen molar-refractivity contribution in [2.45, 2.75) is 25.8 Å². The lowest BCUT2D eigenvalue weighted by atomic mass is 9.97. The first kappa shape index (κ1) is 11.2. The zero-order valence-electron chi connectivity index (χ0n) is 9.99. The van der Waals surface area contributed by atoms with Crippen molar-refractivity contribution in [2.24, 2.45) is 0 Å². The van der Waals surface area contributed by atoms with E-state index in [0.29, 0.717) is 0 Å². The molecule has 0 saturated carbocycles. The van der Waals surface area contributed by atoms with Crippen LogP contribution in [-0.2, 0) is 11.2 Å². The van der Waals surface area contributed by atoms with Gasteiger partial charge in [0.1, 0.15) is 5.76 Å². The second kappa shape index (κ2) is 5.17. The monoisotopic (exact) mass is 217 g/mol. The highest BCUT2D eigenvalue weighted by Gasteiger charge is 2.20. The number of rotatable bonds is 4. The van der Waals surface area contributed by atoms with E-state index in [1.54, 1.807) is 0 Å². The molecule has 0 bridgehead atoms. The van der Waals surface area contributed by atoms with Crippen molar-refractivity contribution in [3.05, 3.63) is 47.2 Å². The van der Waals surface area contributed by atoms with E-state index in [2.05, 4.69) is 42.6 Å². The van der Waals surface area contributed by atoms with Gasteiger partial charge in [-0.25, -0.2) is 0 Å². The van der Waals surface area contributed by atoms with Crippen LogP contribution < -0.4 is 5.32 Å². The third-order valence-electron chi connectivity index (χ3n) is 3.05. The van der Waals surface area contributed by atoms with Crippen LogP contribution in [-0.4, -0.2) is 13.7 Å². The van der Waals surface area contributed by atoms with Gasteiger partial charge in [0.05, 0.1) is 12.6 Å². The first-order valence-electron chi connectivity index (χ1n) is 5.94. The van der Waals surface area contributed by atoms with Gasteiger partial charge in [-0.3, -0.25) is 0 Å². The number of hydrogen-bond acceptors (Lipinski definition) is 2. The summed E-state index contributed by atoms with van der Waals surface area (Å²) in [6.07, 6.45) is 4.27. The summed E-state index contributed by atoms with van der Waals surface area (Å²) in [5.74, 6) is 1.07. The van der Waals surface area contributed by atoms with Crippen LogP contribution in [0.5, 0.6) is 0 Å². The van der Waals surface area contributed by atoms with Gasteiger partial charge in [0, 0.05) is 6.42 Å². The minimum atomic E-state index is 0.207. The first-order chi connectivity index (χ1) is 7.86. The number of nitrogens with one attached hydrogen (secondary N) is 1. The van der Waals surface area contributed by atoms with Crippen molar-refractivity contribution in [1.29, 1.82) is 0 Å². The van der Waals surface area contributed by atoms with E-state index in [-0.39, 0.29) is 6.04 Å². The Morgan fingerprint density at radius 2 is 2.19 bits per heavy atom. The molecule has 16 heavy (non-hydrogen) atoms. The maximum absolute atomic E-state index is 5.66. The van der Waals surface area contributed by atoms with Gasteiger partial charge in [-0.1, -0.05) is 31.2 Å². The Kier molecular flexibility index (Phi) is 3.62. The number of hydrogen-bond donors (Lipinski definition) is 1. The van der Waals surface area contributed by atoms with Crippen LogP contribution in [0.25, 0.3) is 0 Å². The molecule has 2 heteroatoms. The molecular weight excluding hydrogens is 198 g/mol. The van der Waals surface area contributed by atoms with Gasteiger partial charge < -0.3 is 10.1 Å². The summed E-state index contributed by atoms with van der Waals surface area (Å²) in [6.45, 7) is 3.01. The summed E-state index contributed by atoms with van der Waals surface area (Å²) in [5.41, 5.74) is 2.72. The molecule has 86 valence electrons. The largest absolute Gasteiger partial charge is 0.496 e. The number of aryl methyl sites for hydroxylation is 1. The molecule has 1 heterocycles. The molecule has 1 aromatic carbocycles. The molecule has 0 fully saturated rings. The molecule has 1 aromatic rings. The van der Waals surface area contributed by atoms with E-state index in [1.807, 2.05) is 7.05 Å². The lowest BCUT2D eigenvalue weighted by Crippen LogP contribution is -2.20. The third kappa shape index (κ3) is 2.12. The van der Waals surface area contributed by atoms with Crippen LogP contribution in [0.15, 0.2) is 36.1 Å². The first-order valence-corrected chi connectivity index (χ1v) is 5.94. The van der Waals surface area contributed by atoms with E-state index in [0.717, 1.165) is 25.2 Å². The normalized spacial score (nSPS) is 16.8. The Morgan fingerprint density at radius 1 is 1.38 bits per heavy atom. The maximum Gasteiger partial charge on any atom is 0.114 e. The summed E-state index contributed by atoms with van der Waals surface area (Å²) in [4.78, 5) is 0. The van der Waals surface area contributed by atoms with Crippen molar-refractivity contribution < 1.29 is 4.74 Å². The van der Waals surface area contributed by atoms with E-state index in [9.17, 15) is 0 Å². The van der Waals surface area contributed by atoms with Gasteiger partial charge in [0.2, 0.25) is 0 Å². The van der Waals surface area contributed by atoms with Crippen molar-refractivity contribution >= 4 is 0 Å². The van der Waals surface area contributed by atoms with Gasteiger partial charge >= 0.3 is 0 Å². The fourth-order valence-electron chi connectivity index (χ4n) is 2.23. The summed E-state index contributed by atoms with van der Waals surface area (Å²) < 4.78 is 5.66. The second-order valence-electron chi connectivity index (χ2n) is 4.02. The minimum Gasteiger partial charge on any atom is -0.496 e. The van der Waals surface area contributed by atoms with Gasteiger partial charge in [-0.05, 0) is 30.7 Å². The Hall–Kier alpha value is -1.28. The average Bonchev–Trinajstić information content (AvgIpc) is 2.84. The molecule has 2 nitrogen and oxygen atoms in total.